The predicted molar refractivity (Wildman–Crippen MR) is 77.5 cm³/mol. The van der Waals surface area contributed by atoms with Crippen molar-refractivity contribution in [3.05, 3.63) is 28.2 Å². The molecule has 1 heterocycles. The number of anilines is 1. The highest BCUT2D eigenvalue weighted by atomic mass is 79.9. The first-order valence-corrected chi connectivity index (χ1v) is 7.25. The molecular formula is C14H19BrN2O. The van der Waals surface area contributed by atoms with Gasteiger partial charge in [-0.1, -0.05) is 28.8 Å². The predicted octanol–water partition coefficient (Wildman–Crippen LogP) is 3.44. The number of benzene rings is 1. The number of rotatable bonds is 1. The van der Waals surface area contributed by atoms with Gasteiger partial charge in [-0.3, -0.25) is 4.79 Å². The highest BCUT2D eigenvalue weighted by Crippen LogP contribution is 2.24. The van der Waals surface area contributed by atoms with E-state index in [0.717, 1.165) is 23.9 Å². The van der Waals surface area contributed by atoms with Gasteiger partial charge in [-0.05, 0) is 38.0 Å². The van der Waals surface area contributed by atoms with Crippen molar-refractivity contribution in [3.63, 3.8) is 0 Å². The SMILES string of the molecule is CC1CCCCCN1C(=O)c1cc(Br)ccc1N. The maximum atomic E-state index is 12.6. The summed E-state index contributed by atoms with van der Waals surface area (Å²) in [6.45, 7) is 2.96. The fourth-order valence-electron chi connectivity index (χ4n) is 2.45. The summed E-state index contributed by atoms with van der Waals surface area (Å²) in [5, 5.41) is 0. The minimum Gasteiger partial charge on any atom is -0.398 e. The topological polar surface area (TPSA) is 46.3 Å². The molecule has 1 aliphatic rings. The van der Waals surface area contributed by atoms with Crippen molar-refractivity contribution in [2.45, 2.75) is 38.6 Å². The summed E-state index contributed by atoms with van der Waals surface area (Å²) in [7, 11) is 0. The Hall–Kier alpha value is -1.03. The van der Waals surface area contributed by atoms with E-state index in [4.69, 9.17) is 5.73 Å². The van der Waals surface area contributed by atoms with Gasteiger partial charge in [0, 0.05) is 22.7 Å². The van der Waals surface area contributed by atoms with Crippen molar-refractivity contribution in [1.29, 1.82) is 0 Å². The Morgan fingerprint density at radius 1 is 1.39 bits per heavy atom. The van der Waals surface area contributed by atoms with Gasteiger partial charge in [0.05, 0.1) is 5.56 Å². The number of nitrogens with two attached hydrogens (primary N) is 1. The van der Waals surface area contributed by atoms with Crippen molar-refractivity contribution < 1.29 is 4.79 Å². The summed E-state index contributed by atoms with van der Waals surface area (Å²) < 4.78 is 0.891. The number of nitrogen functional groups attached to an aromatic ring is 1. The molecule has 1 atom stereocenters. The molecule has 1 amide bonds. The lowest BCUT2D eigenvalue weighted by Crippen LogP contribution is -2.38. The van der Waals surface area contributed by atoms with Crippen LogP contribution < -0.4 is 5.73 Å². The first-order chi connectivity index (χ1) is 8.59. The van der Waals surface area contributed by atoms with E-state index in [9.17, 15) is 4.79 Å². The lowest BCUT2D eigenvalue weighted by Gasteiger charge is -2.27. The number of hydrogen-bond donors (Lipinski definition) is 1. The molecule has 2 N–H and O–H groups in total. The highest BCUT2D eigenvalue weighted by molar-refractivity contribution is 9.10. The number of likely N-dealkylation sites (tertiary alicyclic amines) is 1. The number of nitrogens with zero attached hydrogens (tertiary/aromatic N) is 1. The largest absolute Gasteiger partial charge is 0.398 e. The van der Waals surface area contributed by atoms with Crippen LogP contribution >= 0.6 is 15.9 Å². The summed E-state index contributed by atoms with van der Waals surface area (Å²) in [4.78, 5) is 14.5. The smallest absolute Gasteiger partial charge is 0.256 e. The van der Waals surface area contributed by atoms with Gasteiger partial charge in [0.2, 0.25) is 0 Å². The Balaban J connectivity index is 2.26. The number of amides is 1. The van der Waals surface area contributed by atoms with Crippen molar-refractivity contribution in [2.75, 3.05) is 12.3 Å². The van der Waals surface area contributed by atoms with Crippen molar-refractivity contribution in [2.24, 2.45) is 0 Å². The van der Waals surface area contributed by atoms with E-state index in [0.29, 0.717) is 17.3 Å². The first kappa shape index (κ1) is 13.4. The third kappa shape index (κ3) is 2.86. The van der Waals surface area contributed by atoms with Gasteiger partial charge in [-0.2, -0.15) is 0 Å². The Morgan fingerprint density at radius 2 is 2.17 bits per heavy atom. The van der Waals surface area contributed by atoms with Crippen LogP contribution in [0.2, 0.25) is 0 Å². The van der Waals surface area contributed by atoms with E-state index >= 15 is 0 Å². The molecule has 1 unspecified atom stereocenters. The molecular weight excluding hydrogens is 292 g/mol. The molecule has 1 fully saturated rings. The molecule has 1 aromatic carbocycles. The fraction of sp³-hybridized carbons (Fsp3) is 0.500. The monoisotopic (exact) mass is 310 g/mol. The molecule has 2 rings (SSSR count). The van der Waals surface area contributed by atoms with E-state index in [1.807, 2.05) is 17.0 Å². The van der Waals surface area contributed by atoms with Crippen LogP contribution in [0.4, 0.5) is 5.69 Å². The van der Waals surface area contributed by atoms with Crippen molar-refractivity contribution in [3.8, 4) is 0 Å². The zero-order chi connectivity index (χ0) is 13.1. The molecule has 3 nitrogen and oxygen atoms in total. The number of halogens is 1. The second-order valence-corrected chi connectivity index (χ2v) is 5.84. The molecule has 18 heavy (non-hydrogen) atoms. The third-order valence-corrected chi connectivity index (χ3v) is 4.05. The van der Waals surface area contributed by atoms with Crippen LogP contribution in [-0.4, -0.2) is 23.4 Å². The van der Waals surface area contributed by atoms with Crippen molar-refractivity contribution in [1.82, 2.24) is 4.90 Å². The summed E-state index contributed by atoms with van der Waals surface area (Å²) in [5.41, 5.74) is 7.08. The van der Waals surface area contributed by atoms with Gasteiger partial charge in [0.1, 0.15) is 0 Å². The fourth-order valence-corrected chi connectivity index (χ4v) is 2.81. The van der Waals surface area contributed by atoms with Crippen LogP contribution in [0, 0.1) is 0 Å². The van der Waals surface area contributed by atoms with Crippen molar-refractivity contribution >= 4 is 27.5 Å². The molecule has 98 valence electrons. The van der Waals surface area contributed by atoms with Gasteiger partial charge >= 0.3 is 0 Å². The van der Waals surface area contributed by atoms with E-state index in [1.165, 1.54) is 12.8 Å². The Kier molecular flexibility index (Phi) is 4.27. The van der Waals surface area contributed by atoms with E-state index in [1.54, 1.807) is 6.07 Å². The minimum absolute atomic E-state index is 0.0585. The molecule has 0 radical (unpaired) electrons. The van der Waals surface area contributed by atoms with Gasteiger partial charge in [-0.15, -0.1) is 0 Å². The Labute approximate surface area is 116 Å². The van der Waals surface area contributed by atoms with E-state index < -0.39 is 0 Å². The summed E-state index contributed by atoms with van der Waals surface area (Å²) >= 11 is 3.39. The molecule has 4 heteroatoms. The van der Waals surface area contributed by atoms with Gasteiger partial charge in [-0.25, -0.2) is 0 Å². The maximum Gasteiger partial charge on any atom is 0.256 e. The summed E-state index contributed by atoms with van der Waals surface area (Å²) in [5.74, 6) is 0.0585. The molecule has 0 aliphatic carbocycles. The Morgan fingerprint density at radius 3 is 2.94 bits per heavy atom. The van der Waals surface area contributed by atoms with Crippen LogP contribution in [0.3, 0.4) is 0 Å². The normalized spacial score (nSPS) is 20.6. The summed E-state index contributed by atoms with van der Waals surface area (Å²) in [6.07, 6.45) is 4.59. The van der Waals surface area contributed by atoms with Crippen LogP contribution in [0.25, 0.3) is 0 Å². The zero-order valence-corrected chi connectivity index (χ0v) is 12.2. The molecule has 0 saturated carbocycles. The highest BCUT2D eigenvalue weighted by Gasteiger charge is 2.24. The van der Waals surface area contributed by atoms with Gasteiger partial charge in [0.15, 0.2) is 0 Å². The maximum absolute atomic E-state index is 12.6. The van der Waals surface area contributed by atoms with Gasteiger partial charge < -0.3 is 10.6 Å². The minimum atomic E-state index is 0.0585. The van der Waals surface area contributed by atoms with Gasteiger partial charge in [0.25, 0.3) is 5.91 Å². The quantitative estimate of drug-likeness (QED) is 0.808. The Bertz CT molecular complexity index is 447. The number of carbonyl (C=O) groups excluding carboxylic acids is 1. The van der Waals surface area contributed by atoms with E-state index in [-0.39, 0.29) is 5.91 Å². The van der Waals surface area contributed by atoms with Crippen LogP contribution in [0.15, 0.2) is 22.7 Å². The lowest BCUT2D eigenvalue weighted by molar-refractivity contribution is 0.0699. The molecule has 1 saturated heterocycles. The first-order valence-electron chi connectivity index (χ1n) is 6.45. The van der Waals surface area contributed by atoms with Crippen LogP contribution in [-0.2, 0) is 0 Å². The second kappa shape index (κ2) is 5.74. The molecule has 0 spiro atoms. The zero-order valence-electron chi connectivity index (χ0n) is 10.7. The van der Waals surface area contributed by atoms with E-state index in [2.05, 4.69) is 22.9 Å². The summed E-state index contributed by atoms with van der Waals surface area (Å²) in [6, 6.07) is 5.76. The molecule has 1 aliphatic heterocycles. The van der Waals surface area contributed by atoms with Crippen LogP contribution in [0.1, 0.15) is 43.0 Å². The number of carbonyl (C=O) groups is 1. The third-order valence-electron chi connectivity index (χ3n) is 3.56. The molecule has 0 bridgehead atoms. The molecule has 0 aromatic heterocycles. The van der Waals surface area contributed by atoms with Crippen LogP contribution in [0.5, 0.6) is 0 Å². The molecule has 1 aromatic rings. The second-order valence-electron chi connectivity index (χ2n) is 4.93. The number of hydrogen-bond acceptors (Lipinski definition) is 2. The average molecular weight is 311 g/mol. The standard InChI is InChI=1S/C14H19BrN2O/c1-10-5-3-2-4-8-17(10)14(18)12-9-11(15)6-7-13(12)16/h6-7,9-10H,2-5,8,16H2,1H3. The lowest BCUT2D eigenvalue weighted by atomic mass is 10.1. The average Bonchev–Trinajstić information content (AvgIpc) is 2.56.